The molecule has 116 valence electrons. The topological polar surface area (TPSA) is 36.9 Å². The lowest BCUT2D eigenvalue weighted by atomic mass is 10.0. The maximum atomic E-state index is 5.42. The summed E-state index contributed by atoms with van der Waals surface area (Å²) in [5.41, 5.74) is 0. The molecule has 0 bridgehead atoms. The van der Waals surface area contributed by atoms with Gasteiger partial charge < -0.3 is 15.0 Å². The van der Waals surface area contributed by atoms with Crippen molar-refractivity contribution in [2.75, 3.05) is 45.1 Å². The third kappa shape index (κ3) is 4.85. The summed E-state index contributed by atoms with van der Waals surface area (Å²) in [6.07, 6.45) is 3.58. The van der Waals surface area contributed by atoms with Gasteiger partial charge in [-0.15, -0.1) is 0 Å². The molecule has 0 aromatic carbocycles. The zero-order chi connectivity index (χ0) is 14.2. The van der Waals surface area contributed by atoms with Crippen molar-refractivity contribution in [2.45, 2.75) is 38.4 Å². The molecule has 0 amide bonds. The molecule has 2 saturated heterocycles. The summed E-state index contributed by atoms with van der Waals surface area (Å²) in [7, 11) is 0. The molecular weight excluding hydrogens is 270 g/mol. The quantitative estimate of drug-likeness (QED) is 0.638. The third-order valence-corrected chi connectivity index (χ3v) is 5.44. The molecule has 2 fully saturated rings. The fourth-order valence-corrected chi connectivity index (χ4v) is 3.91. The van der Waals surface area contributed by atoms with E-state index in [0.717, 1.165) is 63.4 Å². The van der Waals surface area contributed by atoms with Gasteiger partial charge in [0.25, 0.3) is 0 Å². The number of aliphatic imine (C=N–C) groups is 1. The molecule has 1 unspecified atom stereocenters. The van der Waals surface area contributed by atoms with Crippen molar-refractivity contribution < 1.29 is 4.74 Å². The Bertz CT molecular complexity index is 305. The molecule has 0 aromatic rings. The van der Waals surface area contributed by atoms with Crippen LogP contribution in [0.3, 0.4) is 0 Å². The highest BCUT2D eigenvalue weighted by atomic mass is 32.2. The Hall–Kier alpha value is -0.420. The first kappa shape index (κ1) is 16.0. The lowest BCUT2D eigenvalue weighted by Gasteiger charge is -2.34. The second kappa shape index (κ2) is 8.78. The second-order valence-electron chi connectivity index (χ2n) is 5.60. The maximum Gasteiger partial charge on any atom is 0.193 e. The van der Waals surface area contributed by atoms with Gasteiger partial charge in [0.05, 0.1) is 0 Å². The van der Waals surface area contributed by atoms with Crippen LogP contribution in [-0.2, 0) is 4.74 Å². The predicted octanol–water partition coefficient (Wildman–Crippen LogP) is 2.21. The van der Waals surface area contributed by atoms with E-state index in [1.807, 2.05) is 0 Å². The summed E-state index contributed by atoms with van der Waals surface area (Å²) in [5.74, 6) is 3.05. The Morgan fingerprint density at radius 1 is 1.35 bits per heavy atom. The van der Waals surface area contributed by atoms with E-state index in [-0.39, 0.29) is 0 Å². The van der Waals surface area contributed by atoms with Crippen molar-refractivity contribution in [3.8, 4) is 0 Å². The van der Waals surface area contributed by atoms with Gasteiger partial charge in [0.2, 0.25) is 0 Å². The molecule has 1 atom stereocenters. The van der Waals surface area contributed by atoms with Crippen molar-refractivity contribution in [2.24, 2.45) is 10.9 Å². The lowest BCUT2D eigenvalue weighted by Crippen LogP contribution is -2.48. The first-order valence-electron chi connectivity index (χ1n) is 8.06. The highest BCUT2D eigenvalue weighted by molar-refractivity contribution is 8.00. The SMILES string of the molecule is CCNC(=NCC1CCOCC1)N1CCSC(CC)C1. The second-order valence-corrected chi connectivity index (χ2v) is 7.01. The van der Waals surface area contributed by atoms with Crippen LogP contribution in [-0.4, -0.2) is 61.3 Å². The summed E-state index contributed by atoms with van der Waals surface area (Å²) in [5, 5.41) is 4.23. The minimum Gasteiger partial charge on any atom is -0.381 e. The first-order valence-corrected chi connectivity index (χ1v) is 9.11. The van der Waals surface area contributed by atoms with E-state index in [1.165, 1.54) is 12.2 Å². The number of nitrogens with zero attached hydrogens (tertiary/aromatic N) is 2. The number of nitrogens with one attached hydrogen (secondary N) is 1. The van der Waals surface area contributed by atoms with Gasteiger partial charge in [0.15, 0.2) is 5.96 Å². The van der Waals surface area contributed by atoms with Crippen LogP contribution in [0.25, 0.3) is 0 Å². The summed E-state index contributed by atoms with van der Waals surface area (Å²) in [6, 6.07) is 0. The van der Waals surface area contributed by atoms with Crippen molar-refractivity contribution >= 4 is 17.7 Å². The average molecular weight is 299 g/mol. The van der Waals surface area contributed by atoms with Crippen LogP contribution >= 0.6 is 11.8 Å². The average Bonchev–Trinajstić information content (AvgIpc) is 2.52. The van der Waals surface area contributed by atoms with E-state index < -0.39 is 0 Å². The standard InChI is InChI=1S/C15H29N3OS/c1-3-14-12-18(7-10-20-14)15(16-4-2)17-11-13-5-8-19-9-6-13/h13-14H,3-12H2,1-2H3,(H,16,17). The highest BCUT2D eigenvalue weighted by Gasteiger charge is 2.22. The van der Waals surface area contributed by atoms with Crippen LogP contribution in [0, 0.1) is 5.92 Å². The molecule has 4 nitrogen and oxygen atoms in total. The molecule has 0 radical (unpaired) electrons. The van der Waals surface area contributed by atoms with Crippen LogP contribution < -0.4 is 5.32 Å². The van der Waals surface area contributed by atoms with Gasteiger partial charge in [-0.25, -0.2) is 0 Å². The Kier molecular flexibility index (Phi) is 7.00. The van der Waals surface area contributed by atoms with E-state index in [4.69, 9.17) is 9.73 Å². The smallest absolute Gasteiger partial charge is 0.193 e. The van der Waals surface area contributed by atoms with Gasteiger partial charge in [-0.1, -0.05) is 6.92 Å². The predicted molar refractivity (Wildman–Crippen MR) is 87.6 cm³/mol. The molecule has 5 heteroatoms. The number of hydrogen-bond donors (Lipinski definition) is 1. The molecule has 2 aliphatic heterocycles. The molecule has 2 aliphatic rings. The van der Waals surface area contributed by atoms with Crippen LogP contribution in [0.4, 0.5) is 0 Å². The molecular formula is C15H29N3OS. The van der Waals surface area contributed by atoms with Gasteiger partial charge in [-0.05, 0) is 32.1 Å². The number of rotatable bonds is 4. The van der Waals surface area contributed by atoms with Crippen molar-refractivity contribution in [3.05, 3.63) is 0 Å². The van der Waals surface area contributed by atoms with Crippen molar-refractivity contribution in [1.82, 2.24) is 10.2 Å². The molecule has 0 saturated carbocycles. The Balaban J connectivity index is 1.90. The van der Waals surface area contributed by atoms with Crippen molar-refractivity contribution in [3.63, 3.8) is 0 Å². The largest absolute Gasteiger partial charge is 0.381 e. The number of hydrogen-bond acceptors (Lipinski definition) is 3. The maximum absolute atomic E-state index is 5.42. The molecule has 0 spiro atoms. The zero-order valence-electron chi connectivity index (χ0n) is 12.9. The van der Waals surface area contributed by atoms with Gasteiger partial charge >= 0.3 is 0 Å². The van der Waals surface area contributed by atoms with E-state index in [0.29, 0.717) is 5.92 Å². The van der Waals surface area contributed by atoms with Gasteiger partial charge in [-0.2, -0.15) is 11.8 Å². The number of guanidine groups is 1. The molecule has 0 aromatic heterocycles. The van der Waals surface area contributed by atoms with Crippen LogP contribution in [0.15, 0.2) is 4.99 Å². The zero-order valence-corrected chi connectivity index (χ0v) is 13.8. The highest BCUT2D eigenvalue weighted by Crippen LogP contribution is 2.21. The summed E-state index contributed by atoms with van der Waals surface area (Å²) < 4.78 is 5.42. The molecule has 2 heterocycles. The van der Waals surface area contributed by atoms with E-state index >= 15 is 0 Å². The molecule has 2 rings (SSSR count). The normalized spacial score (nSPS) is 25.8. The summed E-state index contributed by atoms with van der Waals surface area (Å²) >= 11 is 2.11. The fourth-order valence-electron chi connectivity index (χ4n) is 2.73. The van der Waals surface area contributed by atoms with Crippen LogP contribution in [0.1, 0.15) is 33.1 Å². The van der Waals surface area contributed by atoms with Gasteiger partial charge in [0, 0.05) is 50.4 Å². The Morgan fingerprint density at radius 2 is 2.15 bits per heavy atom. The number of thioether (sulfide) groups is 1. The van der Waals surface area contributed by atoms with Gasteiger partial charge in [0.1, 0.15) is 0 Å². The fraction of sp³-hybridized carbons (Fsp3) is 0.933. The van der Waals surface area contributed by atoms with Crippen LogP contribution in [0.2, 0.25) is 0 Å². The lowest BCUT2D eigenvalue weighted by molar-refractivity contribution is 0.0688. The Morgan fingerprint density at radius 3 is 2.85 bits per heavy atom. The van der Waals surface area contributed by atoms with Gasteiger partial charge in [-0.3, -0.25) is 4.99 Å². The van der Waals surface area contributed by atoms with Crippen LogP contribution in [0.5, 0.6) is 0 Å². The number of ether oxygens (including phenoxy) is 1. The Labute approximate surface area is 127 Å². The minimum absolute atomic E-state index is 0.707. The van der Waals surface area contributed by atoms with E-state index in [9.17, 15) is 0 Å². The summed E-state index contributed by atoms with van der Waals surface area (Å²) in [4.78, 5) is 7.35. The minimum atomic E-state index is 0.707. The molecule has 20 heavy (non-hydrogen) atoms. The monoisotopic (exact) mass is 299 g/mol. The van der Waals surface area contributed by atoms with E-state index in [1.54, 1.807) is 0 Å². The van der Waals surface area contributed by atoms with Crippen molar-refractivity contribution in [1.29, 1.82) is 0 Å². The van der Waals surface area contributed by atoms with E-state index in [2.05, 4.69) is 35.8 Å². The first-order chi connectivity index (χ1) is 9.83. The third-order valence-electron chi connectivity index (χ3n) is 4.07. The molecule has 1 N–H and O–H groups in total. The molecule has 0 aliphatic carbocycles. The summed E-state index contributed by atoms with van der Waals surface area (Å²) in [6.45, 7) is 10.4.